The van der Waals surface area contributed by atoms with Gasteiger partial charge in [0.25, 0.3) is 5.69 Å². The number of ether oxygens (including phenoxy) is 1. The van der Waals surface area contributed by atoms with E-state index in [9.17, 15) is 10.1 Å². The molecule has 1 N–H and O–H groups in total. The van der Waals surface area contributed by atoms with Gasteiger partial charge < -0.3 is 10.1 Å². The van der Waals surface area contributed by atoms with Crippen molar-refractivity contribution in [2.75, 3.05) is 25.1 Å². The van der Waals surface area contributed by atoms with E-state index in [0.29, 0.717) is 11.6 Å². The third-order valence-corrected chi connectivity index (χ3v) is 3.02. The van der Waals surface area contributed by atoms with Gasteiger partial charge in [-0.05, 0) is 24.8 Å². The minimum Gasteiger partial charge on any atom is -0.381 e. The van der Waals surface area contributed by atoms with Crippen LogP contribution in [-0.2, 0) is 4.74 Å². The van der Waals surface area contributed by atoms with Gasteiger partial charge in [-0.25, -0.2) is 0 Å². The van der Waals surface area contributed by atoms with Crippen LogP contribution in [0.3, 0.4) is 0 Å². The molecule has 1 saturated heterocycles. The smallest absolute Gasteiger partial charge is 0.292 e. The summed E-state index contributed by atoms with van der Waals surface area (Å²) in [6.07, 6.45) is 2.04. The summed E-state index contributed by atoms with van der Waals surface area (Å²) < 4.78 is 5.28. The topological polar surface area (TPSA) is 64.4 Å². The molecule has 1 aliphatic rings. The number of nitrogens with zero attached hydrogens (tertiary/aromatic N) is 1. The average Bonchev–Trinajstić information content (AvgIpc) is 2.38. The van der Waals surface area contributed by atoms with E-state index in [0.717, 1.165) is 32.6 Å². The Morgan fingerprint density at radius 1 is 1.35 bits per heavy atom. The molecule has 5 nitrogen and oxygen atoms in total. The molecule has 0 spiro atoms. The van der Waals surface area contributed by atoms with E-state index in [-0.39, 0.29) is 10.6 Å². The fourth-order valence-corrected chi connectivity index (χ4v) is 1.99. The normalized spacial score (nSPS) is 16.7. The third kappa shape index (κ3) is 3.17. The quantitative estimate of drug-likeness (QED) is 0.644. The van der Waals surface area contributed by atoms with Crippen molar-refractivity contribution >= 4 is 11.4 Å². The van der Waals surface area contributed by atoms with E-state index in [4.69, 9.17) is 4.74 Å². The van der Waals surface area contributed by atoms with Crippen LogP contribution in [0.5, 0.6) is 0 Å². The molecule has 1 aromatic carbocycles. The van der Waals surface area contributed by atoms with Crippen LogP contribution in [0.2, 0.25) is 0 Å². The van der Waals surface area contributed by atoms with Crippen molar-refractivity contribution < 1.29 is 9.66 Å². The molecule has 1 aromatic rings. The van der Waals surface area contributed by atoms with Crippen molar-refractivity contribution in [3.8, 4) is 0 Å². The molecule has 5 heteroatoms. The summed E-state index contributed by atoms with van der Waals surface area (Å²) in [7, 11) is 0. The minimum atomic E-state index is -0.355. The van der Waals surface area contributed by atoms with Crippen molar-refractivity contribution in [3.63, 3.8) is 0 Å². The second-order valence-electron chi connectivity index (χ2n) is 4.21. The van der Waals surface area contributed by atoms with Gasteiger partial charge in [-0.3, -0.25) is 10.1 Å². The number of para-hydroxylation sites is 2. The van der Waals surface area contributed by atoms with Crippen LogP contribution < -0.4 is 5.32 Å². The maximum Gasteiger partial charge on any atom is 0.292 e. The summed E-state index contributed by atoms with van der Waals surface area (Å²) in [5.41, 5.74) is 0.739. The number of nitrogens with one attached hydrogen (secondary N) is 1. The summed E-state index contributed by atoms with van der Waals surface area (Å²) in [4.78, 5) is 10.5. The van der Waals surface area contributed by atoms with E-state index in [2.05, 4.69) is 5.32 Å². The highest BCUT2D eigenvalue weighted by molar-refractivity contribution is 5.61. The monoisotopic (exact) mass is 236 g/mol. The number of nitro groups is 1. The second kappa shape index (κ2) is 5.63. The van der Waals surface area contributed by atoms with Gasteiger partial charge in [0.05, 0.1) is 4.92 Å². The Kier molecular flexibility index (Phi) is 3.93. The summed E-state index contributed by atoms with van der Waals surface area (Å²) in [6, 6.07) is 6.75. The summed E-state index contributed by atoms with van der Waals surface area (Å²) in [6.45, 7) is 2.36. The maximum atomic E-state index is 10.8. The van der Waals surface area contributed by atoms with Crippen LogP contribution in [0.15, 0.2) is 24.3 Å². The molecule has 17 heavy (non-hydrogen) atoms. The molecule has 0 unspecified atom stereocenters. The average molecular weight is 236 g/mol. The van der Waals surface area contributed by atoms with Crippen molar-refractivity contribution in [1.29, 1.82) is 0 Å². The van der Waals surface area contributed by atoms with E-state index >= 15 is 0 Å². The Morgan fingerprint density at radius 3 is 2.76 bits per heavy atom. The molecule has 0 aliphatic carbocycles. The number of hydrogen-bond acceptors (Lipinski definition) is 4. The Bertz CT molecular complexity index is 389. The molecule has 0 radical (unpaired) electrons. The van der Waals surface area contributed by atoms with Gasteiger partial charge in [0.2, 0.25) is 0 Å². The van der Waals surface area contributed by atoms with E-state index in [1.54, 1.807) is 18.2 Å². The van der Waals surface area contributed by atoms with Gasteiger partial charge in [0.1, 0.15) is 5.69 Å². The predicted molar refractivity (Wildman–Crippen MR) is 65.1 cm³/mol. The van der Waals surface area contributed by atoms with Crippen molar-refractivity contribution in [3.05, 3.63) is 34.4 Å². The first-order chi connectivity index (χ1) is 8.27. The molecule has 2 rings (SSSR count). The molecular formula is C12H16N2O3. The Balaban J connectivity index is 1.96. The molecule has 1 aliphatic heterocycles. The van der Waals surface area contributed by atoms with Crippen LogP contribution in [0.25, 0.3) is 0 Å². The lowest BCUT2D eigenvalue weighted by molar-refractivity contribution is -0.384. The fourth-order valence-electron chi connectivity index (χ4n) is 1.99. The molecule has 0 amide bonds. The molecule has 1 fully saturated rings. The van der Waals surface area contributed by atoms with Crippen LogP contribution in [0.4, 0.5) is 11.4 Å². The second-order valence-corrected chi connectivity index (χ2v) is 4.21. The Morgan fingerprint density at radius 2 is 2.06 bits per heavy atom. The van der Waals surface area contributed by atoms with Gasteiger partial charge in [-0.15, -0.1) is 0 Å². The molecule has 1 heterocycles. The van der Waals surface area contributed by atoms with Gasteiger partial charge in [0.15, 0.2) is 0 Å². The largest absolute Gasteiger partial charge is 0.381 e. The zero-order valence-corrected chi connectivity index (χ0v) is 9.59. The van der Waals surface area contributed by atoms with Crippen LogP contribution in [0, 0.1) is 16.0 Å². The first-order valence-corrected chi connectivity index (χ1v) is 5.82. The first kappa shape index (κ1) is 11.9. The van der Waals surface area contributed by atoms with Gasteiger partial charge in [-0.1, -0.05) is 12.1 Å². The van der Waals surface area contributed by atoms with E-state index in [1.165, 1.54) is 6.07 Å². The standard InChI is InChI=1S/C12H16N2O3/c15-14(16)12-4-2-1-3-11(12)13-9-10-5-7-17-8-6-10/h1-4,10,13H,5-9H2. The van der Waals surface area contributed by atoms with Crippen molar-refractivity contribution in [2.45, 2.75) is 12.8 Å². The fraction of sp³-hybridized carbons (Fsp3) is 0.500. The summed E-state index contributed by atoms with van der Waals surface area (Å²) in [5.74, 6) is 0.545. The predicted octanol–water partition coefficient (Wildman–Crippen LogP) is 2.43. The Labute approximate surface area is 99.9 Å². The lowest BCUT2D eigenvalue weighted by Gasteiger charge is -2.22. The summed E-state index contributed by atoms with van der Waals surface area (Å²) >= 11 is 0. The third-order valence-electron chi connectivity index (χ3n) is 3.02. The maximum absolute atomic E-state index is 10.8. The highest BCUT2D eigenvalue weighted by Crippen LogP contribution is 2.24. The molecule has 0 aromatic heterocycles. The Hall–Kier alpha value is -1.62. The number of anilines is 1. The number of nitro benzene ring substituents is 1. The molecule has 0 saturated carbocycles. The van der Waals surface area contributed by atoms with Crippen LogP contribution in [-0.4, -0.2) is 24.7 Å². The van der Waals surface area contributed by atoms with Crippen LogP contribution in [0.1, 0.15) is 12.8 Å². The first-order valence-electron chi connectivity index (χ1n) is 5.82. The van der Waals surface area contributed by atoms with Crippen molar-refractivity contribution in [1.82, 2.24) is 0 Å². The zero-order chi connectivity index (χ0) is 12.1. The lowest BCUT2D eigenvalue weighted by Crippen LogP contribution is -2.22. The molecule has 92 valence electrons. The molecular weight excluding hydrogens is 220 g/mol. The van der Waals surface area contributed by atoms with Crippen molar-refractivity contribution in [2.24, 2.45) is 5.92 Å². The van der Waals surface area contributed by atoms with Gasteiger partial charge >= 0.3 is 0 Å². The van der Waals surface area contributed by atoms with Gasteiger partial charge in [0, 0.05) is 25.8 Å². The highest BCUT2D eigenvalue weighted by atomic mass is 16.6. The minimum absolute atomic E-state index is 0.138. The summed E-state index contributed by atoms with van der Waals surface area (Å²) in [5, 5.41) is 14.0. The molecule has 0 bridgehead atoms. The number of rotatable bonds is 4. The van der Waals surface area contributed by atoms with E-state index in [1.807, 2.05) is 0 Å². The number of benzene rings is 1. The van der Waals surface area contributed by atoms with Crippen LogP contribution >= 0.6 is 0 Å². The highest BCUT2D eigenvalue weighted by Gasteiger charge is 2.16. The lowest BCUT2D eigenvalue weighted by atomic mass is 10.0. The number of hydrogen-bond donors (Lipinski definition) is 1. The zero-order valence-electron chi connectivity index (χ0n) is 9.59. The van der Waals surface area contributed by atoms with Gasteiger partial charge in [-0.2, -0.15) is 0 Å². The SMILES string of the molecule is O=[N+]([O-])c1ccccc1NCC1CCOCC1. The van der Waals surface area contributed by atoms with E-state index < -0.39 is 0 Å². The molecule has 0 atom stereocenters.